The Hall–Kier alpha value is -0.0800. The van der Waals surface area contributed by atoms with Crippen LogP contribution in [-0.4, -0.2) is 10.5 Å². The Kier molecular flexibility index (Phi) is 2.99. The van der Waals surface area contributed by atoms with Crippen molar-refractivity contribution in [2.75, 3.05) is 0 Å². The topological polar surface area (TPSA) is 34.1 Å². The zero-order valence-electron chi connectivity index (χ0n) is 8.56. The summed E-state index contributed by atoms with van der Waals surface area (Å²) in [6.07, 6.45) is 1.27. The van der Waals surface area contributed by atoms with E-state index in [9.17, 15) is 9.59 Å². The Morgan fingerprint density at radius 2 is 1.71 bits per heavy atom. The second-order valence-corrected chi connectivity index (χ2v) is 5.44. The van der Waals surface area contributed by atoms with Crippen LogP contribution in [0.3, 0.4) is 0 Å². The van der Waals surface area contributed by atoms with Crippen LogP contribution in [0.5, 0.6) is 0 Å². The van der Waals surface area contributed by atoms with Crippen molar-refractivity contribution in [1.82, 2.24) is 0 Å². The lowest BCUT2D eigenvalue weighted by atomic mass is 9.67. The molecule has 1 aliphatic carbocycles. The normalized spacial score (nSPS) is 35.6. The van der Waals surface area contributed by atoms with Crippen molar-refractivity contribution in [3.63, 3.8) is 0 Å². The number of hydrogen-bond donors (Lipinski definition) is 0. The van der Waals surface area contributed by atoms with Crippen LogP contribution < -0.4 is 0 Å². The largest absolute Gasteiger partial charge is 0.281 e. The average Bonchev–Trinajstić information content (AvgIpc) is 2.24. The summed E-state index contributed by atoms with van der Waals surface area (Å²) in [5.74, 6) is -0.267. The van der Waals surface area contributed by atoms with Crippen LogP contribution in [0.1, 0.15) is 33.6 Å². The Morgan fingerprint density at radius 3 is 1.93 bits per heavy atom. The molecule has 1 rings (SSSR count). The van der Waals surface area contributed by atoms with Gasteiger partial charge in [0.15, 0.2) is 0 Å². The molecule has 0 aromatic carbocycles. The van der Waals surface area contributed by atoms with Gasteiger partial charge in [0.2, 0.25) is 10.5 Å². The van der Waals surface area contributed by atoms with E-state index in [0.717, 1.165) is 0 Å². The first kappa shape index (κ1) is 12.0. The molecular weight excluding hydrogens is 223 g/mol. The van der Waals surface area contributed by atoms with Crippen LogP contribution in [0, 0.1) is 16.7 Å². The summed E-state index contributed by atoms with van der Waals surface area (Å²) in [5.41, 5.74) is -1.09. The summed E-state index contributed by atoms with van der Waals surface area (Å²) in [5, 5.41) is -0.737. The fraction of sp³-hybridized carbons (Fsp3) is 0.800. The second-order valence-electron chi connectivity index (χ2n) is 4.72. The molecule has 1 saturated carbocycles. The van der Waals surface area contributed by atoms with Gasteiger partial charge >= 0.3 is 0 Å². The number of carbonyl (C=O) groups excluding carboxylic acids is 2. The van der Waals surface area contributed by atoms with Crippen molar-refractivity contribution >= 4 is 33.7 Å². The molecule has 0 spiro atoms. The van der Waals surface area contributed by atoms with Gasteiger partial charge in [0, 0.05) is 11.3 Å². The van der Waals surface area contributed by atoms with Gasteiger partial charge in [-0.25, -0.2) is 0 Å². The van der Waals surface area contributed by atoms with Crippen molar-refractivity contribution < 1.29 is 9.59 Å². The van der Waals surface area contributed by atoms with Gasteiger partial charge in [-0.1, -0.05) is 20.8 Å². The van der Waals surface area contributed by atoms with Crippen LogP contribution in [0.15, 0.2) is 0 Å². The molecule has 0 amide bonds. The summed E-state index contributed by atoms with van der Waals surface area (Å²) in [6, 6.07) is 0. The maximum atomic E-state index is 11.4. The van der Waals surface area contributed by atoms with Gasteiger partial charge in [-0.15, -0.1) is 0 Å². The molecule has 0 saturated heterocycles. The third kappa shape index (κ3) is 1.49. The Bertz CT molecular complexity index is 286. The van der Waals surface area contributed by atoms with Crippen molar-refractivity contribution in [2.45, 2.75) is 33.6 Å². The van der Waals surface area contributed by atoms with Crippen LogP contribution in [0.25, 0.3) is 0 Å². The molecule has 0 aliphatic heterocycles. The third-order valence-corrected chi connectivity index (χ3v) is 4.61. The van der Waals surface area contributed by atoms with E-state index >= 15 is 0 Å². The fourth-order valence-electron chi connectivity index (χ4n) is 2.25. The summed E-state index contributed by atoms with van der Waals surface area (Å²) in [7, 11) is 0. The standard InChI is InChI=1S/C10H14Cl2O2/c1-9(2)6(7(11)13)4-5-10(9,3)8(12)14/h6H,4-5H2,1-3H3. The van der Waals surface area contributed by atoms with Crippen LogP contribution in [0.4, 0.5) is 0 Å². The number of halogens is 2. The van der Waals surface area contributed by atoms with Crippen LogP contribution >= 0.6 is 23.2 Å². The molecule has 0 heterocycles. The van der Waals surface area contributed by atoms with Gasteiger partial charge in [0.05, 0.1) is 0 Å². The molecule has 0 aromatic heterocycles. The van der Waals surface area contributed by atoms with E-state index in [1.165, 1.54) is 0 Å². The predicted octanol–water partition coefficient (Wildman–Crippen LogP) is 2.96. The predicted molar refractivity (Wildman–Crippen MR) is 56.3 cm³/mol. The van der Waals surface area contributed by atoms with E-state index in [1.54, 1.807) is 0 Å². The lowest BCUT2D eigenvalue weighted by Crippen LogP contribution is -2.40. The van der Waals surface area contributed by atoms with Crippen molar-refractivity contribution in [3.05, 3.63) is 0 Å². The van der Waals surface area contributed by atoms with E-state index < -0.39 is 10.8 Å². The number of carbonyl (C=O) groups is 2. The van der Waals surface area contributed by atoms with E-state index in [2.05, 4.69) is 0 Å². The van der Waals surface area contributed by atoms with Gasteiger partial charge in [0.25, 0.3) is 0 Å². The molecule has 0 aromatic rings. The summed E-state index contributed by atoms with van der Waals surface area (Å²) < 4.78 is 0. The smallest absolute Gasteiger partial charge is 0.228 e. The third-order valence-electron chi connectivity index (χ3n) is 3.93. The van der Waals surface area contributed by atoms with E-state index in [0.29, 0.717) is 12.8 Å². The summed E-state index contributed by atoms with van der Waals surface area (Å²) in [6.45, 7) is 5.57. The highest BCUT2D eigenvalue weighted by atomic mass is 35.5. The first-order valence-electron chi connectivity index (χ1n) is 4.63. The molecule has 2 atom stereocenters. The zero-order chi connectivity index (χ0) is 11.1. The minimum absolute atomic E-state index is 0.267. The van der Waals surface area contributed by atoms with Gasteiger partial charge < -0.3 is 0 Å². The van der Waals surface area contributed by atoms with E-state index in [1.807, 2.05) is 20.8 Å². The monoisotopic (exact) mass is 236 g/mol. The highest BCUT2D eigenvalue weighted by Gasteiger charge is 2.57. The minimum atomic E-state index is -0.635. The molecule has 14 heavy (non-hydrogen) atoms. The average molecular weight is 237 g/mol. The zero-order valence-corrected chi connectivity index (χ0v) is 10.1. The molecule has 4 heteroatoms. The first-order valence-corrected chi connectivity index (χ1v) is 5.38. The minimum Gasteiger partial charge on any atom is -0.281 e. The van der Waals surface area contributed by atoms with Gasteiger partial charge in [0.1, 0.15) is 0 Å². The Labute approximate surface area is 93.9 Å². The number of rotatable bonds is 2. The van der Waals surface area contributed by atoms with Crippen LogP contribution in [0.2, 0.25) is 0 Å². The molecule has 1 aliphatic rings. The summed E-state index contributed by atoms with van der Waals surface area (Å²) >= 11 is 11.1. The second kappa shape index (κ2) is 3.49. The summed E-state index contributed by atoms with van der Waals surface area (Å²) in [4.78, 5) is 22.5. The maximum Gasteiger partial charge on any atom is 0.228 e. The van der Waals surface area contributed by atoms with E-state index in [4.69, 9.17) is 23.2 Å². The SMILES string of the molecule is CC1(C(=O)Cl)CCC(C(=O)Cl)C1(C)C. The van der Waals surface area contributed by atoms with Gasteiger partial charge in [-0.2, -0.15) is 0 Å². The highest BCUT2D eigenvalue weighted by Crippen LogP contribution is 2.57. The lowest BCUT2D eigenvalue weighted by molar-refractivity contribution is -0.127. The van der Waals surface area contributed by atoms with Crippen molar-refractivity contribution in [1.29, 1.82) is 0 Å². The first-order chi connectivity index (χ1) is 6.23. The molecule has 80 valence electrons. The van der Waals surface area contributed by atoms with Crippen molar-refractivity contribution in [2.24, 2.45) is 16.7 Å². The lowest BCUT2D eigenvalue weighted by Gasteiger charge is -2.37. The molecule has 0 bridgehead atoms. The molecule has 2 unspecified atom stereocenters. The molecule has 0 N–H and O–H groups in total. The van der Waals surface area contributed by atoms with Gasteiger partial charge in [-0.3, -0.25) is 9.59 Å². The molecule has 1 fully saturated rings. The maximum absolute atomic E-state index is 11.4. The Balaban J connectivity index is 3.08. The van der Waals surface area contributed by atoms with E-state index in [-0.39, 0.29) is 16.4 Å². The van der Waals surface area contributed by atoms with Gasteiger partial charge in [-0.05, 0) is 41.5 Å². The fourth-order valence-corrected chi connectivity index (χ4v) is 2.97. The Morgan fingerprint density at radius 1 is 1.21 bits per heavy atom. The number of hydrogen-bond acceptors (Lipinski definition) is 2. The quantitative estimate of drug-likeness (QED) is 0.692. The van der Waals surface area contributed by atoms with Crippen LogP contribution in [-0.2, 0) is 9.59 Å². The molecule has 2 nitrogen and oxygen atoms in total. The highest BCUT2D eigenvalue weighted by molar-refractivity contribution is 6.65. The molecular formula is C10H14Cl2O2. The molecule has 0 radical (unpaired) electrons. The van der Waals surface area contributed by atoms with Crippen molar-refractivity contribution in [3.8, 4) is 0 Å².